The van der Waals surface area contributed by atoms with Gasteiger partial charge >= 0.3 is 5.69 Å². The quantitative estimate of drug-likeness (QED) is 0.524. The predicted molar refractivity (Wildman–Crippen MR) is 87.5 cm³/mol. The van der Waals surface area contributed by atoms with Gasteiger partial charge in [0.2, 0.25) is 5.78 Å². The highest BCUT2D eigenvalue weighted by Gasteiger charge is 2.19. The van der Waals surface area contributed by atoms with Gasteiger partial charge in [-0.2, -0.15) is 4.98 Å². The first kappa shape index (κ1) is 14.4. The highest BCUT2D eigenvalue weighted by atomic mass is 19.1. The summed E-state index contributed by atoms with van der Waals surface area (Å²) in [6.07, 6.45) is 1.77. The summed E-state index contributed by atoms with van der Waals surface area (Å²) in [6.45, 7) is 0. The second-order valence-corrected chi connectivity index (χ2v) is 5.74. The first-order chi connectivity index (χ1) is 11.4. The van der Waals surface area contributed by atoms with Gasteiger partial charge in [-0.25, -0.2) is 9.18 Å². The fraction of sp³-hybridized carbons (Fsp3) is 0.188. The van der Waals surface area contributed by atoms with Crippen molar-refractivity contribution in [2.45, 2.75) is 0 Å². The average molecular weight is 327 g/mol. The zero-order valence-corrected chi connectivity index (χ0v) is 13.3. The van der Waals surface area contributed by atoms with Crippen LogP contribution in [0, 0.1) is 5.82 Å². The largest absolute Gasteiger partial charge is 0.332 e. The van der Waals surface area contributed by atoms with Gasteiger partial charge in [0.15, 0.2) is 11.2 Å². The molecule has 0 fully saturated rings. The molecule has 0 aliphatic rings. The van der Waals surface area contributed by atoms with Gasteiger partial charge in [0, 0.05) is 27.3 Å². The van der Waals surface area contributed by atoms with E-state index in [-0.39, 0.29) is 5.82 Å². The van der Waals surface area contributed by atoms with Crippen molar-refractivity contribution < 1.29 is 4.39 Å². The molecule has 0 amide bonds. The minimum Gasteiger partial charge on any atom is -0.313 e. The second kappa shape index (κ2) is 4.67. The number of rotatable bonds is 1. The van der Waals surface area contributed by atoms with E-state index in [0.29, 0.717) is 16.9 Å². The molecule has 3 heterocycles. The molecule has 3 aromatic heterocycles. The van der Waals surface area contributed by atoms with Gasteiger partial charge in [0.25, 0.3) is 5.56 Å². The predicted octanol–water partition coefficient (Wildman–Crippen LogP) is 1.03. The van der Waals surface area contributed by atoms with Gasteiger partial charge in [-0.1, -0.05) is 0 Å². The van der Waals surface area contributed by atoms with Crippen molar-refractivity contribution in [3.8, 4) is 11.3 Å². The molecule has 1 aromatic carbocycles. The Hall–Kier alpha value is -3.16. The standard InChI is InChI=1S/C16H14FN5O2/c1-19-11(9-4-6-10(17)7-5-9)8-22-12-13(18-15(19)22)20(2)16(24)21(3)14(12)23/h4-8H,1-3H3. The maximum absolute atomic E-state index is 13.1. The van der Waals surface area contributed by atoms with Crippen molar-refractivity contribution in [3.63, 3.8) is 0 Å². The smallest absolute Gasteiger partial charge is 0.313 e. The summed E-state index contributed by atoms with van der Waals surface area (Å²) < 4.78 is 19.0. The number of hydrogen-bond acceptors (Lipinski definition) is 3. The van der Waals surface area contributed by atoms with Gasteiger partial charge in [-0.3, -0.25) is 18.3 Å². The number of nitrogens with zero attached hydrogens (tertiary/aromatic N) is 5. The van der Waals surface area contributed by atoms with E-state index in [1.165, 1.54) is 23.7 Å². The Labute approximate surface area is 134 Å². The van der Waals surface area contributed by atoms with Crippen LogP contribution in [0.25, 0.3) is 28.2 Å². The summed E-state index contributed by atoms with van der Waals surface area (Å²) in [7, 11) is 4.83. The first-order valence-corrected chi connectivity index (χ1v) is 7.29. The van der Waals surface area contributed by atoms with E-state index in [2.05, 4.69) is 4.98 Å². The van der Waals surface area contributed by atoms with E-state index in [1.54, 1.807) is 34.3 Å². The van der Waals surface area contributed by atoms with Crippen LogP contribution in [0.15, 0.2) is 40.1 Å². The Kier molecular flexibility index (Phi) is 2.81. The fourth-order valence-electron chi connectivity index (χ4n) is 2.97. The molecule has 8 heteroatoms. The van der Waals surface area contributed by atoms with E-state index in [4.69, 9.17) is 0 Å². The van der Waals surface area contributed by atoms with Gasteiger partial charge < -0.3 is 4.57 Å². The molecule has 0 N–H and O–H groups in total. The third-order valence-electron chi connectivity index (χ3n) is 4.33. The topological polar surface area (TPSA) is 66.2 Å². The number of aryl methyl sites for hydroxylation is 2. The number of halogens is 1. The number of benzene rings is 1. The molecule has 7 nitrogen and oxygen atoms in total. The van der Waals surface area contributed by atoms with Gasteiger partial charge in [-0.15, -0.1) is 0 Å². The van der Waals surface area contributed by atoms with E-state index < -0.39 is 11.2 Å². The molecule has 122 valence electrons. The van der Waals surface area contributed by atoms with Crippen LogP contribution in [0.1, 0.15) is 0 Å². The molecule has 4 rings (SSSR count). The van der Waals surface area contributed by atoms with Crippen LogP contribution in [0.4, 0.5) is 4.39 Å². The number of fused-ring (bicyclic) bond motifs is 3. The Balaban J connectivity index is 2.13. The van der Waals surface area contributed by atoms with Crippen LogP contribution in [-0.2, 0) is 21.1 Å². The molecule has 0 atom stereocenters. The third-order valence-corrected chi connectivity index (χ3v) is 4.33. The Bertz CT molecular complexity index is 1220. The molecule has 0 radical (unpaired) electrons. The van der Waals surface area contributed by atoms with E-state index in [1.807, 2.05) is 7.05 Å². The molecule has 0 aliphatic heterocycles. The van der Waals surface area contributed by atoms with Crippen molar-refractivity contribution >= 4 is 16.9 Å². The Morgan fingerprint density at radius 1 is 0.958 bits per heavy atom. The van der Waals surface area contributed by atoms with Crippen molar-refractivity contribution in [3.05, 3.63) is 57.1 Å². The van der Waals surface area contributed by atoms with Gasteiger partial charge in [0.1, 0.15) is 5.82 Å². The van der Waals surface area contributed by atoms with Crippen LogP contribution >= 0.6 is 0 Å². The average Bonchev–Trinajstić information content (AvgIpc) is 3.09. The summed E-state index contributed by atoms with van der Waals surface area (Å²) in [6, 6.07) is 6.10. The maximum Gasteiger partial charge on any atom is 0.332 e. The summed E-state index contributed by atoms with van der Waals surface area (Å²) in [5.74, 6) is 0.217. The van der Waals surface area contributed by atoms with Gasteiger partial charge in [0.05, 0.1) is 5.69 Å². The SMILES string of the molecule is Cn1c(=O)c2c(nc3n(C)c(-c4ccc(F)cc4)cn23)n(C)c1=O. The lowest BCUT2D eigenvalue weighted by atomic mass is 10.1. The molecule has 0 saturated heterocycles. The monoisotopic (exact) mass is 327 g/mol. The summed E-state index contributed by atoms with van der Waals surface area (Å²) in [4.78, 5) is 29.0. The van der Waals surface area contributed by atoms with E-state index in [0.717, 1.165) is 15.8 Å². The highest BCUT2D eigenvalue weighted by Crippen LogP contribution is 2.24. The van der Waals surface area contributed by atoms with Crippen molar-refractivity contribution in [2.75, 3.05) is 0 Å². The Morgan fingerprint density at radius 3 is 2.29 bits per heavy atom. The number of hydrogen-bond donors (Lipinski definition) is 0. The fourth-order valence-corrected chi connectivity index (χ4v) is 2.97. The highest BCUT2D eigenvalue weighted by molar-refractivity contribution is 5.78. The van der Waals surface area contributed by atoms with Crippen LogP contribution in [-0.4, -0.2) is 23.1 Å². The lowest BCUT2D eigenvalue weighted by Crippen LogP contribution is -2.37. The zero-order valence-electron chi connectivity index (χ0n) is 13.3. The molecular formula is C16H14FN5O2. The normalized spacial score (nSPS) is 11.7. The second-order valence-electron chi connectivity index (χ2n) is 5.74. The number of aromatic nitrogens is 5. The van der Waals surface area contributed by atoms with Crippen LogP contribution in [0.3, 0.4) is 0 Å². The molecule has 0 aliphatic carbocycles. The first-order valence-electron chi connectivity index (χ1n) is 7.29. The summed E-state index contributed by atoms with van der Waals surface area (Å²) >= 11 is 0. The minimum absolute atomic E-state index is 0.313. The lowest BCUT2D eigenvalue weighted by Gasteiger charge is -2.03. The molecular weight excluding hydrogens is 313 g/mol. The molecule has 0 bridgehead atoms. The molecule has 0 saturated carbocycles. The van der Waals surface area contributed by atoms with Gasteiger partial charge in [-0.05, 0) is 29.8 Å². The Morgan fingerprint density at radius 2 is 1.62 bits per heavy atom. The van der Waals surface area contributed by atoms with Crippen molar-refractivity contribution in [1.29, 1.82) is 0 Å². The summed E-state index contributed by atoms with van der Waals surface area (Å²) in [5.41, 5.74) is 1.43. The van der Waals surface area contributed by atoms with Crippen LogP contribution in [0.2, 0.25) is 0 Å². The minimum atomic E-state index is -0.422. The summed E-state index contributed by atoms with van der Waals surface area (Å²) in [5, 5.41) is 0. The molecule has 0 unspecified atom stereocenters. The number of imidazole rings is 2. The zero-order chi connectivity index (χ0) is 17.2. The molecule has 4 aromatic rings. The van der Waals surface area contributed by atoms with Crippen molar-refractivity contribution in [1.82, 2.24) is 23.1 Å². The lowest BCUT2D eigenvalue weighted by molar-refractivity contribution is 0.628. The van der Waals surface area contributed by atoms with Crippen LogP contribution < -0.4 is 11.2 Å². The molecule has 0 spiro atoms. The molecule has 24 heavy (non-hydrogen) atoms. The van der Waals surface area contributed by atoms with E-state index in [9.17, 15) is 14.0 Å². The van der Waals surface area contributed by atoms with Crippen molar-refractivity contribution in [2.24, 2.45) is 21.1 Å². The third kappa shape index (κ3) is 1.73. The van der Waals surface area contributed by atoms with Crippen LogP contribution in [0.5, 0.6) is 0 Å². The van der Waals surface area contributed by atoms with E-state index >= 15 is 0 Å². The maximum atomic E-state index is 13.1.